The minimum Gasteiger partial charge on any atom is -0.211 e. The molecule has 0 aromatic heterocycles. The number of hydrogen-bond donors (Lipinski definition) is 1. The lowest BCUT2D eigenvalue weighted by molar-refractivity contribution is 0.297. The largest absolute Gasteiger partial charge is 0.227 e. The topological polar surface area (TPSA) is 70.0 Å². The van der Waals surface area contributed by atoms with Gasteiger partial charge in [0.1, 0.15) is 0 Å². The minimum absolute atomic E-state index is 0.0314. The lowest BCUT2D eigenvalue weighted by atomic mass is 9.84. The molecule has 1 unspecified atom stereocenters. The van der Waals surface area contributed by atoms with Gasteiger partial charge in [0.2, 0.25) is 10.0 Å². The third-order valence-corrected chi connectivity index (χ3v) is 5.22. The van der Waals surface area contributed by atoms with Gasteiger partial charge in [0.25, 0.3) is 0 Å². The fourth-order valence-electron chi connectivity index (χ4n) is 2.38. The van der Waals surface area contributed by atoms with E-state index in [2.05, 4.69) is 11.6 Å². The molecule has 0 spiro atoms. The van der Waals surface area contributed by atoms with Crippen LogP contribution >= 0.6 is 0 Å². The number of nitrogens with one attached hydrogen (secondary N) is 1. The van der Waals surface area contributed by atoms with Crippen LogP contribution < -0.4 is 4.72 Å². The van der Waals surface area contributed by atoms with Gasteiger partial charge in [-0.05, 0) is 38.5 Å². The maximum absolute atomic E-state index is 11.7. The lowest BCUT2D eigenvalue weighted by Crippen LogP contribution is -2.41. The second kappa shape index (κ2) is 6.36. The smallest absolute Gasteiger partial charge is 0.211 e. The number of nitriles is 1. The maximum Gasteiger partial charge on any atom is 0.227 e. The molecule has 0 saturated heterocycles. The standard InChI is InChI=1S/C12H22N2O2S/c1-3-4-11-5-7-12(8-6-11)14-17(15,16)10(2)9-13/h10-12,14H,3-8H2,1-2H3. The number of sulfonamides is 1. The summed E-state index contributed by atoms with van der Waals surface area (Å²) in [6.45, 7) is 3.61. The molecular weight excluding hydrogens is 236 g/mol. The van der Waals surface area contributed by atoms with Crippen molar-refractivity contribution in [2.24, 2.45) is 5.92 Å². The normalized spacial score (nSPS) is 27.4. The molecule has 0 amide bonds. The zero-order valence-electron chi connectivity index (χ0n) is 10.6. The third-order valence-electron chi connectivity index (χ3n) is 3.52. The number of hydrogen-bond acceptors (Lipinski definition) is 3. The number of rotatable bonds is 5. The molecule has 17 heavy (non-hydrogen) atoms. The van der Waals surface area contributed by atoms with Gasteiger partial charge in [-0.25, -0.2) is 13.1 Å². The summed E-state index contributed by atoms with van der Waals surface area (Å²) in [6, 6.07) is 1.80. The van der Waals surface area contributed by atoms with Crippen LogP contribution in [0.4, 0.5) is 0 Å². The van der Waals surface area contributed by atoms with Crippen molar-refractivity contribution in [3.05, 3.63) is 0 Å². The van der Waals surface area contributed by atoms with Crippen molar-refractivity contribution in [3.8, 4) is 6.07 Å². The van der Waals surface area contributed by atoms with Crippen LogP contribution in [0.1, 0.15) is 52.4 Å². The molecule has 0 aromatic carbocycles. The van der Waals surface area contributed by atoms with Gasteiger partial charge in [0, 0.05) is 6.04 Å². The van der Waals surface area contributed by atoms with Crippen LogP contribution in [0, 0.1) is 17.2 Å². The van der Waals surface area contributed by atoms with Gasteiger partial charge in [-0.15, -0.1) is 0 Å². The quantitative estimate of drug-likeness (QED) is 0.821. The summed E-state index contributed by atoms with van der Waals surface area (Å²) < 4.78 is 26.1. The van der Waals surface area contributed by atoms with Gasteiger partial charge in [-0.3, -0.25) is 0 Å². The Labute approximate surface area is 104 Å². The Morgan fingerprint density at radius 2 is 1.94 bits per heavy atom. The molecule has 0 bridgehead atoms. The zero-order chi connectivity index (χ0) is 12.9. The summed E-state index contributed by atoms with van der Waals surface area (Å²) in [7, 11) is -3.45. The van der Waals surface area contributed by atoms with Crippen molar-refractivity contribution >= 4 is 10.0 Å². The summed E-state index contributed by atoms with van der Waals surface area (Å²) in [6.07, 6.45) is 6.45. The van der Waals surface area contributed by atoms with E-state index in [4.69, 9.17) is 5.26 Å². The van der Waals surface area contributed by atoms with E-state index in [0.717, 1.165) is 31.6 Å². The molecule has 0 radical (unpaired) electrons. The molecule has 1 aliphatic carbocycles. The monoisotopic (exact) mass is 258 g/mol. The predicted molar refractivity (Wildman–Crippen MR) is 67.8 cm³/mol. The molecule has 98 valence electrons. The van der Waals surface area contributed by atoms with E-state index in [9.17, 15) is 8.42 Å². The molecule has 0 aliphatic heterocycles. The lowest BCUT2D eigenvalue weighted by Gasteiger charge is -2.29. The molecule has 1 rings (SSSR count). The Balaban J connectivity index is 2.44. The first-order valence-corrected chi connectivity index (χ1v) is 7.95. The van der Waals surface area contributed by atoms with E-state index in [1.54, 1.807) is 6.07 Å². The second-order valence-corrected chi connectivity index (χ2v) is 6.97. The first-order chi connectivity index (χ1) is 7.99. The van der Waals surface area contributed by atoms with Crippen LogP contribution in [0.5, 0.6) is 0 Å². The highest BCUT2D eigenvalue weighted by atomic mass is 32.2. The van der Waals surface area contributed by atoms with Crippen molar-refractivity contribution in [2.45, 2.75) is 63.7 Å². The minimum atomic E-state index is -3.45. The van der Waals surface area contributed by atoms with Crippen molar-refractivity contribution in [1.82, 2.24) is 4.72 Å². The van der Waals surface area contributed by atoms with Crippen LogP contribution in [-0.2, 0) is 10.0 Å². The van der Waals surface area contributed by atoms with E-state index in [1.807, 2.05) is 0 Å². The molecule has 1 aliphatic rings. The molecule has 0 aromatic rings. The molecule has 4 nitrogen and oxygen atoms in total. The van der Waals surface area contributed by atoms with Crippen molar-refractivity contribution < 1.29 is 8.42 Å². The van der Waals surface area contributed by atoms with E-state index < -0.39 is 15.3 Å². The van der Waals surface area contributed by atoms with Crippen LogP contribution in [0.2, 0.25) is 0 Å². The molecule has 1 atom stereocenters. The average molecular weight is 258 g/mol. The third kappa shape index (κ3) is 4.29. The van der Waals surface area contributed by atoms with Gasteiger partial charge in [0.05, 0.1) is 6.07 Å². The molecule has 1 saturated carbocycles. The highest BCUT2D eigenvalue weighted by Gasteiger charge is 2.27. The van der Waals surface area contributed by atoms with Crippen molar-refractivity contribution in [1.29, 1.82) is 5.26 Å². The Hall–Kier alpha value is -0.600. The molecule has 1 N–H and O–H groups in total. The van der Waals surface area contributed by atoms with E-state index >= 15 is 0 Å². The first-order valence-electron chi connectivity index (χ1n) is 6.40. The fraction of sp³-hybridized carbons (Fsp3) is 0.917. The molecule has 1 fully saturated rings. The SMILES string of the molecule is CCCC1CCC(NS(=O)(=O)C(C)C#N)CC1. The van der Waals surface area contributed by atoms with Crippen molar-refractivity contribution in [2.75, 3.05) is 0 Å². The fourth-order valence-corrected chi connectivity index (χ4v) is 3.42. The molecule has 5 heteroatoms. The highest BCUT2D eigenvalue weighted by molar-refractivity contribution is 7.90. The van der Waals surface area contributed by atoms with E-state index in [-0.39, 0.29) is 6.04 Å². The number of nitrogens with zero attached hydrogens (tertiary/aromatic N) is 1. The van der Waals surface area contributed by atoms with Crippen molar-refractivity contribution in [3.63, 3.8) is 0 Å². The second-order valence-electron chi connectivity index (χ2n) is 4.94. The Morgan fingerprint density at radius 1 is 1.35 bits per heavy atom. The Morgan fingerprint density at radius 3 is 2.41 bits per heavy atom. The summed E-state index contributed by atoms with van der Waals surface area (Å²) in [5.41, 5.74) is 0. The van der Waals surface area contributed by atoms with Gasteiger partial charge >= 0.3 is 0 Å². The van der Waals surface area contributed by atoms with Gasteiger partial charge in [0.15, 0.2) is 5.25 Å². The highest BCUT2D eigenvalue weighted by Crippen LogP contribution is 2.28. The van der Waals surface area contributed by atoms with Gasteiger partial charge in [-0.2, -0.15) is 5.26 Å². The summed E-state index contributed by atoms with van der Waals surface area (Å²) in [4.78, 5) is 0. The molecule has 0 heterocycles. The molecular formula is C12H22N2O2S. The summed E-state index contributed by atoms with van der Waals surface area (Å²) >= 11 is 0. The summed E-state index contributed by atoms with van der Waals surface area (Å²) in [5.74, 6) is 0.758. The van der Waals surface area contributed by atoms with Crippen LogP contribution in [0.25, 0.3) is 0 Å². The Kier molecular flexibility index (Phi) is 5.41. The van der Waals surface area contributed by atoms with Gasteiger partial charge < -0.3 is 0 Å². The maximum atomic E-state index is 11.7. The Bertz CT molecular complexity index is 364. The zero-order valence-corrected chi connectivity index (χ0v) is 11.5. The van der Waals surface area contributed by atoms with E-state index in [1.165, 1.54) is 19.8 Å². The predicted octanol–water partition coefficient (Wildman–Crippen LogP) is 2.18. The van der Waals surface area contributed by atoms with Crippen LogP contribution in [-0.4, -0.2) is 19.7 Å². The first kappa shape index (κ1) is 14.5. The van der Waals surface area contributed by atoms with Crippen LogP contribution in [0.3, 0.4) is 0 Å². The summed E-state index contributed by atoms with van der Waals surface area (Å²) in [5, 5.41) is 7.68. The van der Waals surface area contributed by atoms with E-state index in [0.29, 0.717) is 0 Å². The average Bonchev–Trinajstić information content (AvgIpc) is 2.30. The van der Waals surface area contributed by atoms with Gasteiger partial charge in [-0.1, -0.05) is 19.8 Å². The van der Waals surface area contributed by atoms with Crippen LogP contribution in [0.15, 0.2) is 0 Å².